The quantitative estimate of drug-likeness (QED) is 0.923. The Morgan fingerprint density at radius 2 is 2.06 bits per heavy atom. The number of aliphatic hydroxyl groups is 1. The van der Waals surface area contributed by atoms with Crippen LogP contribution in [0, 0.1) is 5.92 Å². The molecule has 2 rings (SSSR count). The summed E-state index contributed by atoms with van der Waals surface area (Å²) in [6, 6.07) is 8.56. The number of likely N-dealkylation sites (tertiary alicyclic amines) is 1. The van der Waals surface area contributed by atoms with E-state index in [9.17, 15) is 0 Å². The Labute approximate surface area is 112 Å². The van der Waals surface area contributed by atoms with Crippen molar-refractivity contribution in [1.29, 1.82) is 0 Å². The first-order chi connectivity index (χ1) is 8.28. The van der Waals surface area contributed by atoms with Crippen molar-refractivity contribution in [3.8, 4) is 0 Å². The third-order valence-corrected chi connectivity index (χ3v) is 3.99. The van der Waals surface area contributed by atoms with Crippen LogP contribution in [0.2, 0.25) is 0 Å². The van der Waals surface area contributed by atoms with E-state index in [4.69, 9.17) is 5.11 Å². The first-order valence-corrected chi connectivity index (χ1v) is 7.15. The summed E-state index contributed by atoms with van der Waals surface area (Å²) in [6.45, 7) is 3.70. The largest absolute Gasteiger partial charge is 0.396 e. The molecular weight excluding hydrogens is 278 g/mol. The zero-order valence-electron chi connectivity index (χ0n) is 10.1. The Kier molecular flexibility index (Phi) is 5.01. The van der Waals surface area contributed by atoms with Crippen LogP contribution in [0.25, 0.3) is 0 Å². The average Bonchev–Trinajstić information content (AvgIpc) is 2.33. The monoisotopic (exact) mass is 297 g/mol. The van der Waals surface area contributed by atoms with E-state index in [1.54, 1.807) is 0 Å². The minimum Gasteiger partial charge on any atom is -0.396 e. The van der Waals surface area contributed by atoms with Gasteiger partial charge in [-0.3, -0.25) is 4.90 Å². The molecule has 1 aliphatic rings. The van der Waals surface area contributed by atoms with E-state index in [2.05, 4.69) is 45.1 Å². The molecule has 17 heavy (non-hydrogen) atoms. The molecule has 0 radical (unpaired) electrons. The predicted octanol–water partition coefficient (Wildman–Crippen LogP) is 3.04. The maximum atomic E-state index is 9.00. The molecule has 0 amide bonds. The van der Waals surface area contributed by atoms with Crippen molar-refractivity contribution in [3.63, 3.8) is 0 Å². The van der Waals surface area contributed by atoms with Gasteiger partial charge >= 0.3 is 0 Å². The molecule has 0 saturated carbocycles. The zero-order valence-corrected chi connectivity index (χ0v) is 11.7. The highest BCUT2D eigenvalue weighted by Gasteiger charge is 2.19. The van der Waals surface area contributed by atoms with Crippen LogP contribution < -0.4 is 0 Å². The van der Waals surface area contributed by atoms with Gasteiger partial charge < -0.3 is 5.11 Å². The Hall–Kier alpha value is -0.380. The number of benzene rings is 1. The minimum atomic E-state index is 0.330. The van der Waals surface area contributed by atoms with Crippen molar-refractivity contribution in [2.75, 3.05) is 19.7 Å². The van der Waals surface area contributed by atoms with Crippen LogP contribution in [0.1, 0.15) is 24.8 Å². The van der Waals surface area contributed by atoms with Gasteiger partial charge in [0.25, 0.3) is 0 Å². The molecule has 1 fully saturated rings. The lowest BCUT2D eigenvalue weighted by atomic mass is 9.95. The molecule has 1 aliphatic heterocycles. The van der Waals surface area contributed by atoms with E-state index in [0.717, 1.165) is 24.0 Å². The van der Waals surface area contributed by atoms with Gasteiger partial charge in [0.05, 0.1) is 0 Å². The van der Waals surface area contributed by atoms with Crippen LogP contribution in [0.5, 0.6) is 0 Å². The molecule has 0 aliphatic carbocycles. The molecular formula is C14H20BrNO. The molecule has 1 saturated heterocycles. The molecule has 1 unspecified atom stereocenters. The second-order valence-corrected chi connectivity index (χ2v) is 5.80. The van der Waals surface area contributed by atoms with Crippen molar-refractivity contribution in [3.05, 3.63) is 34.3 Å². The van der Waals surface area contributed by atoms with E-state index in [-0.39, 0.29) is 0 Å². The molecule has 1 aromatic rings. The maximum Gasteiger partial charge on any atom is 0.0434 e. The van der Waals surface area contributed by atoms with Crippen LogP contribution in [0.3, 0.4) is 0 Å². The van der Waals surface area contributed by atoms with Crippen LogP contribution in [-0.4, -0.2) is 29.7 Å². The third kappa shape index (κ3) is 4.09. The first-order valence-electron chi connectivity index (χ1n) is 6.35. The summed E-state index contributed by atoms with van der Waals surface area (Å²) >= 11 is 3.46. The number of aliphatic hydroxyl groups excluding tert-OH is 1. The average molecular weight is 298 g/mol. The highest BCUT2D eigenvalue weighted by molar-refractivity contribution is 9.10. The van der Waals surface area contributed by atoms with E-state index in [1.807, 2.05) is 0 Å². The van der Waals surface area contributed by atoms with Crippen molar-refractivity contribution < 1.29 is 5.11 Å². The van der Waals surface area contributed by atoms with Gasteiger partial charge in [-0.25, -0.2) is 0 Å². The molecule has 3 heteroatoms. The maximum absolute atomic E-state index is 9.00. The lowest BCUT2D eigenvalue weighted by Crippen LogP contribution is -2.35. The predicted molar refractivity (Wildman–Crippen MR) is 73.8 cm³/mol. The van der Waals surface area contributed by atoms with E-state index < -0.39 is 0 Å². The molecule has 94 valence electrons. The Morgan fingerprint density at radius 3 is 2.76 bits per heavy atom. The third-order valence-electron chi connectivity index (χ3n) is 3.46. The fourth-order valence-corrected chi connectivity index (χ4v) is 2.83. The topological polar surface area (TPSA) is 23.5 Å². The van der Waals surface area contributed by atoms with E-state index >= 15 is 0 Å². The van der Waals surface area contributed by atoms with Gasteiger partial charge in [0, 0.05) is 24.2 Å². The van der Waals surface area contributed by atoms with E-state index in [0.29, 0.717) is 12.5 Å². The molecule has 0 aromatic heterocycles. The number of hydrogen-bond acceptors (Lipinski definition) is 2. The second kappa shape index (κ2) is 6.53. The molecule has 2 nitrogen and oxygen atoms in total. The SMILES string of the molecule is OCCC1CCCN(Cc2ccc(Br)cc2)C1. The summed E-state index contributed by atoms with van der Waals surface area (Å²) in [5.74, 6) is 0.684. The van der Waals surface area contributed by atoms with Gasteiger partial charge in [-0.1, -0.05) is 28.1 Å². The fraction of sp³-hybridized carbons (Fsp3) is 0.571. The summed E-state index contributed by atoms with van der Waals surface area (Å²) < 4.78 is 1.14. The number of halogens is 1. The second-order valence-electron chi connectivity index (χ2n) is 4.88. The van der Waals surface area contributed by atoms with Gasteiger partial charge in [0.2, 0.25) is 0 Å². The fourth-order valence-electron chi connectivity index (χ4n) is 2.56. The summed E-state index contributed by atoms with van der Waals surface area (Å²) in [5, 5.41) is 9.00. The zero-order chi connectivity index (χ0) is 12.1. The summed E-state index contributed by atoms with van der Waals surface area (Å²) in [7, 11) is 0. The molecule has 0 spiro atoms. The Bertz CT molecular complexity index is 337. The first kappa shape index (κ1) is 13.1. The summed E-state index contributed by atoms with van der Waals surface area (Å²) in [6.07, 6.45) is 3.50. The van der Waals surface area contributed by atoms with Crippen molar-refractivity contribution in [2.45, 2.75) is 25.8 Å². The van der Waals surface area contributed by atoms with Crippen LogP contribution >= 0.6 is 15.9 Å². The lowest BCUT2D eigenvalue weighted by molar-refractivity contribution is 0.142. The number of rotatable bonds is 4. The van der Waals surface area contributed by atoms with E-state index in [1.165, 1.54) is 24.9 Å². The van der Waals surface area contributed by atoms with Gasteiger partial charge in [-0.15, -0.1) is 0 Å². The molecule has 1 atom stereocenters. The molecule has 0 bridgehead atoms. The van der Waals surface area contributed by atoms with Crippen molar-refractivity contribution in [1.82, 2.24) is 4.90 Å². The summed E-state index contributed by atoms with van der Waals surface area (Å²) in [5.41, 5.74) is 1.37. The Morgan fingerprint density at radius 1 is 1.29 bits per heavy atom. The lowest BCUT2D eigenvalue weighted by Gasteiger charge is -2.32. The van der Waals surface area contributed by atoms with Gasteiger partial charge in [-0.05, 0) is 49.4 Å². The summed E-state index contributed by atoms with van der Waals surface area (Å²) in [4.78, 5) is 2.51. The van der Waals surface area contributed by atoms with Gasteiger partial charge in [0.1, 0.15) is 0 Å². The van der Waals surface area contributed by atoms with Crippen LogP contribution in [0.15, 0.2) is 28.7 Å². The standard InChI is InChI=1S/C14H20BrNO/c15-14-5-3-13(4-6-14)11-16-8-1-2-12(10-16)7-9-17/h3-6,12,17H,1-2,7-11H2. The van der Waals surface area contributed by atoms with Gasteiger partial charge in [-0.2, -0.15) is 0 Å². The molecule has 1 aromatic carbocycles. The van der Waals surface area contributed by atoms with Crippen molar-refractivity contribution in [2.24, 2.45) is 5.92 Å². The Balaban J connectivity index is 1.87. The number of piperidine rings is 1. The highest BCUT2D eigenvalue weighted by Crippen LogP contribution is 2.21. The minimum absolute atomic E-state index is 0.330. The normalized spacial score (nSPS) is 21.6. The van der Waals surface area contributed by atoms with Crippen LogP contribution in [-0.2, 0) is 6.54 Å². The van der Waals surface area contributed by atoms with Crippen molar-refractivity contribution >= 4 is 15.9 Å². The smallest absolute Gasteiger partial charge is 0.0434 e. The molecule has 1 heterocycles. The number of nitrogens with zero attached hydrogens (tertiary/aromatic N) is 1. The number of hydrogen-bond donors (Lipinski definition) is 1. The van der Waals surface area contributed by atoms with Crippen LogP contribution in [0.4, 0.5) is 0 Å². The molecule has 1 N–H and O–H groups in total. The van der Waals surface area contributed by atoms with Gasteiger partial charge in [0.15, 0.2) is 0 Å². The highest BCUT2D eigenvalue weighted by atomic mass is 79.9.